The van der Waals surface area contributed by atoms with Gasteiger partial charge in [-0.2, -0.15) is 0 Å². The summed E-state index contributed by atoms with van der Waals surface area (Å²) in [5.41, 5.74) is 13.2. The number of hydrogen-bond acceptors (Lipinski definition) is 4. The van der Waals surface area contributed by atoms with E-state index >= 15 is 0 Å². The molecule has 0 aliphatic heterocycles. The Morgan fingerprint density at radius 1 is 0.297 bits per heavy atom. The molecule has 4 aromatic rings. The molecule has 0 heterocycles. The topological polar surface area (TPSA) is 36.9 Å². The summed E-state index contributed by atoms with van der Waals surface area (Å²) < 4.78 is 28.0. The maximum absolute atomic E-state index is 7.21. The lowest BCUT2D eigenvalue weighted by Gasteiger charge is -2.35. The number of benzene rings is 4. The molecule has 0 amide bonds. The predicted octanol–water partition coefficient (Wildman–Crippen LogP) is 18.3. The smallest absolute Gasteiger partial charge is 0.275 e. The van der Waals surface area contributed by atoms with Crippen molar-refractivity contribution in [2.24, 2.45) is 0 Å². The summed E-state index contributed by atoms with van der Waals surface area (Å²) in [4.78, 5) is 0. The quantitative estimate of drug-likeness (QED) is 0.157. The summed E-state index contributed by atoms with van der Waals surface area (Å²) in [7, 11) is -0.571. The SMILES string of the molecule is Cc1c(C(C)(C)C)cc(C(C)(C)C)c(OPOc2ccc(C(C)(C)C)cc2C(C)(C)C)c1-c1c(C)c(C(C)(C)C)cc(C(C)(C)C)c1OPOc1ccc(C(C)(C)C)cc1C(C)(C)C. The first-order valence-electron chi connectivity index (χ1n) is 23.5. The molecule has 0 radical (unpaired) electrons. The highest BCUT2D eigenvalue weighted by Gasteiger charge is 2.36. The summed E-state index contributed by atoms with van der Waals surface area (Å²) in [6.07, 6.45) is 0. The van der Waals surface area contributed by atoms with E-state index in [1.807, 2.05) is 0 Å². The van der Waals surface area contributed by atoms with Crippen molar-refractivity contribution in [3.05, 3.63) is 104 Å². The third-order valence-corrected chi connectivity index (χ3v) is 13.6. The zero-order chi connectivity index (χ0) is 49.1. The summed E-state index contributed by atoms with van der Waals surface area (Å²) in [5, 5.41) is 0. The Morgan fingerprint density at radius 2 is 0.562 bits per heavy atom. The van der Waals surface area contributed by atoms with Crippen molar-refractivity contribution in [2.45, 2.75) is 223 Å². The molecular formula is C58H88O4P2. The standard InChI is InChI=1S/C58H88O4P2/c1-35-39(53(9,10)11)33-43(57(21,22)23)49(61-63-59-45-29-27-37(51(3,4)5)31-41(45)55(15,16)17)47(35)48-36(2)40(54(12,13)14)34-44(58(24,25)26)50(48)62-64-60-46-30-28-38(52(6,7)8)32-42(46)56(18,19)20/h27-34,63-64H,1-26H3. The molecule has 0 saturated heterocycles. The van der Waals surface area contributed by atoms with E-state index in [1.54, 1.807) is 0 Å². The van der Waals surface area contributed by atoms with Crippen LogP contribution in [0.4, 0.5) is 0 Å². The van der Waals surface area contributed by atoms with Crippen LogP contribution in [0.3, 0.4) is 0 Å². The fourth-order valence-corrected chi connectivity index (χ4v) is 9.77. The lowest BCUT2D eigenvalue weighted by Crippen LogP contribution is -2.22. The highest BCUT2D eigenvalue weighted by molar-refractivity contribution is 7.27. The van der Waals surface area contributed by atoms with E-state index in [-0.39, 0.29) is 61.4 Å². The minimum absolute atomic E-state index is 0.0165. The molecule has 2 atom stereocenters. The molecule has 0 aromatic heterocycles. The van der Waals surface area contributed by atoms with Crippen LogP contribution in [0.1, 0.15) is 222 Å². The van der Waals surface area contributed by atoms with Gasteiger partial charge in [0, 0.05) is 33.4 Å². The van der Waals surface area contributed by atoms with Gasteiger partial charge in [-0.15, -0.1) is 0 Å². The number of hydrogen-bond donors (Lipinski definition) is 0. The first-order chi connectivity index (χ1) is 28.7. The normalized spacial score (nSPS) is 14.0. The van der Waals surface area contributed by atoms with Crippen molar-refractivity contribution in [3.63, 3.8) is 0 Å². The van der Waals surface area contributed by atoms with Crippen molar-refractivity contribution in [2.75, 3.05) is 0 Å². The highest BCUT2D eigenvalue weighted by atomic mass is 31.1. The van der Waals surface area contributed by atoms with Gasteiger partial charge in [0.1, 0.15) is 23.0 Å². The van der Waals surface area contributed by atoms with Gasteiger partial charge in [-0.05, 0) is 103 Å². The third-order valence-electron chi connectivity index (χ3n) is 12.5. The van der Waals surface area contributed by atoms with Crippen LogP contribution in [-0.2, 0) is 43.3 Å². The first-order valence-corrected chi connectivity index (χ1v) is 25.1. The van der Waals surface area contributed by atoms with Gasteiger partial charge < -0.3 is 18.1 Å². The van der Waals surface area contributed by atoms with E-state index in [0.717, 1.165) is 45.3 Å². The second-order valence-corrected chi connectivity index (χ2v) is 27.7. The van der Waals surface area contributed by atoms with E-state index < -0.39 is 0 Å². The van der Waals surface area contributed by atoms with E-state index in [4.69, 9.17) is 18.1 Å². The van der Waals surface area contributed by atoms with Crippen LogP contribution in [0.25, 0.3) is 11.1 Å². The van der Waals surface area contributed by atoms with Gasteiger partial charge in [0.15, 0.2) is 0 Å². The summed E-state index contributed by atoms with van der Waals surface area (Å²) in [5.74, 6) is 3.40. The van der Waals surface area contributed by atoms with E-state index in [0.29, 0.717) is 0 Å². The van der Waals surface area contributed by atoms with Crippen molar-refractivity contribution in [1.82, 2.24) is 0 Å². The minimum atomic E-state index is -0.285. The summed E-state index contributed by atoms with van der Waals surface area (Å²) in [6, 6.07) is 18.1. The second kappa shape index (κ2) is 18.2. The van der Waals surface area contributed by atoms with Crippen LogP contribution >= 0.6 is 18.1 Å². The lowest BCUT2D eigenvalue weighted by atomic mass is 9.72. The molecule has 4 rings (SSSR count). The zero-order valence-electron chi connectivity index (χ0n) is 45.3. The molecule has 0 fully saturated rings. The minimum Gasteiger partial charge on any atom is -0.440 e. The zero-order valence-corrected chi connectivity index (χ0v) is 47.3. The molecule has 0 N–H and O–H groups in total. The van der Waals surface area contributed by atoms with Crippen LogP contribution in [0.2, 0.25) is 0 Å². The van der Waals surface area contributed by atoms with E-state index in [1.165, 1.54) is 44.5 Å². The van der Waals surface area contributed by atoms with Crippen LogP contribution in [0.15, 0.2) is 48.5 Å². The fourth-order valence-electron chi connectivity index (χ4n) is 8.56. The van der Waals surface area contributed by atoms with Gasteiger partial charge in [-0.25, -0.2) is 0 Å². The summed E-state index contributed by atoms with van der Waals surface area (Å²) >= 11 is 0. The molecule has 64 heavy (non-hydrogen) atoms. The third kappa shape index (κ3) is 12.3. The fraction of sp³-hybridized carbons (Fsp3) is 0.586. The van der Waals surface area contributed by atoms with Gasteiger partial charge >= 0.3 is 0 Å². The van der Waals surface area contributed by atoms with Gasteiger partial charge in [0.05, 0.1) is 0 Å². The Labute approximate surface area is 396 Å². The van der Waals surface area contributed by atoms with Crippen molar-refractivity contribution < 1.29 is 18.1 Å². The molecular weight excluding hydrogens is 823 g/mol. The molecule has 4 aromatic carbocycles. The molecule has 354 valence electrons. The molecule has 0 bridgehead atoms. The average molecular weight is 911 g/mol. The lowest BCUT2D eigenvalue weighted by molar-refractivity contribution is 0.471. The first kappa shape index (κ1) is 53.6. The molecule has 0 aliphatic carbocycles. The van der Waals surface area contributed by atoms with Crippen molar-refractivity contribution in [1.29, 1.82) is 0 Å². The van der Waals surface area contributed by atoms with Gasteiger partial charge in [-0.1, -0.05) is 203 Å². The molecule has 0 spiro atoms. The highest BCUT2D eigenvalue weighted by Crippen LogP contribution is 2.55. The van der Waals surface area contributed by atoms with Gasteiger partial charge in [-0.3, -0.25) is 0 Å². The number of rotatable bonds is 9. The molecule has 2 unspecified atom stereocenters. The monoisotopic (exact) mass is 911 g/mol. The van der Waals surface area contributed by atoms with Gasteiger partial charge in [0.2, 0.25) is 0 Å². The Hall–Kier alpha value is -3.06. The predicted molar refractivity (Wildman–Crippen MR) is 283 cm³/mol. The van der Waals surface area contributed by atoms with E-state index in [2.05, 4.69) is 229 Å². The summed E-state index contributed by atoms with van der Waals surface area (Å²) in [6.45, 7) is 59.3. The Bertz CT molecular complexity index is 2150. The Morgan fingerprint density at radius 3 is 0.797 bits per heavy atom. The van der Waals surface area contributed by atoms with Gasteiger partial charge in [0.25, 0.3) is 18.1 Å². The van der Waals surface area contributed by atoms with Crippen molar-refractivity contribution in [3.8, 4) is 34.1 Å². The Balaban J connectivity index is 2.08. The van der Waals surface area contributed by atoms with Crippen LogP contribution in [-0.4, -0.2) is 0 Å². The molecule has 0 saturated carbocycles. The average Bonchev–Trinajstić information content (AvgIpc) is 3.08. The molecule has 0 aliphatic rings. The molecule has 6 heteroatoms. The maximum atomic E-state index is 7.21. The second-order valence-electron chi connectivity index (χ2n) is 26.6. The largest absolute Gasteiger partial charge is 0.440 e. The van der Waals surface area contributed by atoms with Crippen LogP contribution < -0.4 is 18.1 Å². The van der Waals surface area contributed by atoms with Crippen molar-refractivity contribution >= 4 is 18.1 Å². The van der Waals surface area contributed by atoms with Crippen LogP contribution in [0.5, 0.6) is 23.0 Å². The molecule has 4 nitrogen and oxygen atoms in total. The Kier molecular flexibility index (Phi) is 15.2. The van der Waals surface area contributed by atoms with E-state index in [9.17, 15) is 0 Å². The van der Waals surface area contributed by atoms with Crippen LogP contribution in [0, 0.1) is 13.8 Å². The maximum Gasteiger partial charge on any atom is 0.275 e.